The summed E-state index contributed by atoms with van der Waals surface area (Å²) in [5.74, 6) is -0.183. The molecule has 0 aromatic heterocycles. The number of hydrogen-bond acceptors (Lipinski definition) is 3. The van der Waals surface area contributed by atoms with Crippen LogP contribution in [0.15, 0.2) is 42.5 Å². The molecule has 0 saturated carbocycles. The Morgan fingerprint density at radius 1 is 1.29 bits per heavy atom. The minimum absolute atomic E-state index is 0.0482. The van der Waals surface area contributed by atoms with Gasteiger partial charge in [-0.1, -0.05) is 12.1 Å². The lowest BCUT2D eigenvalue weighted by molar-refractivity contribution is -0.120. The summed E-state index contributed by atoms with van der Waals surface area (Å²) in [7, 11) is 1.71. The second-order valence-corrected chi connectivity index (χ2v) is 5.56. The lowest BCUT2D eigenvalue weighted by Crippen LogP contribution is -2.35. The Labute approximate surface area is 139 Å². The molecule has 1 N–H and O–H groups in total. The zero-order chi connectivity index (χ0) is 17.1. The van der Waals surface area contributed by atoms with Crippen LogP contribution in [0.25, 0.3) is 0 Å². The van der Waals surface area contributed by atoms with Crippen molar-refractivity contribution in [3.05, 3.63) is 59.4 Å². The average Bonchev–Trinajstić information content (AvgIpc) is 2.58. The van der Waals surface area contributed by atoms with Crippen molar-refractivity contribution in [2.45, 2.75) is 6.42 Å². The summed E-state index contributed by atoms with van der Waals surface area (Å²) in [5.41, 5.74) is 1.98. The number of fused-ring (bicyclic) bond motifs is 1. The molecule has 1 heterocycles. The number of likely N-dealkylation sites (N-methyl/N-ethyl adjacent to an activating group) is 1. The molecule has 0 unspecified atom stereocenters. The molecule has 124 valence electrons. The first-order valence-electron chi connectivity index (χ1n) is 7.60. The summed E-state index contributed by atoms with van der Waals surface area (Å²) in [6.07, 6.45) is 0.594. The van der Waals surface area contributed by atoms with Gasteiger partial charge in [-0.25, -0.2) is 4.39 Å². The molecule has 0 atom stereocenters. The molecule has 2 amide bonds. The van der Waals surface area contributed by atoms with Gasteiger partial charge in [0.1, 0.15) is 11.6 Å². The van der Waals surface area contributed by atoms with Crippen molar-refractivity contribution < 1.29 is 18.7 Å². The van der Waals surface area contributed by atoms with E-state index < -0.39 is 5.82 Å². The molecule has 2 aromatic carbocycles. The van der Waals surface area contributed by atoms with Gasteiger partial charge in [0.05, 0.1) is 5.69 Å². The van der Waals surface area contributed by atoms with E-state index in [2.05, 4.69) is 5.32 Å². The molecule has 0 saturated heterocycles. The molecule has 1 aliphatic rings. The highest BCUT2D eigenvalue weighted by Crippen LogP contribution is 2.31. The minimum atomic E-state index is -0.440. The number of ether oxygens (including phenoxy) is 1. The molecule has 5 nitrogen and oxygen atoms in total. The van der Waals surface area contributed by atoms with E-state index in [0.29, 0.717) is 24.3 Å². The molecule has 0 radical (unpaired) electrons. The third-order valence-electron chi connectivity index (χ3n) is 3.90. The van der Waals surface area contributed by atoms with Crippen LogP contribution in [-0.2, 0) is 11.2 Å². The highest BCUT2D eigenvalue weighted by molar-refractivity contribution is 5.97. The Hall–Kier alpha value is -2.89. The average molecular weight is 328 g/mol. The third kappa shape index (κ3) is 3.37. The standard InChI is InChI=1S/C18H17FN2O3/c1-21-15-9-12(5-6-16(15)24-11-17(21)22)7-8-20-18(23)13-3-2-4-14(19)10-13/h2-6,9-10H,7-8,11H2,1H3,(H,20,23). The number of nitrogens with one attached hydrogen (secondary N) is 1. The van der Waals surface area contributed by atoms with Gasteiger partial charge in [0.2, 0.25) is 0 Å². The normalized spacial score (nSPS) is 13.2. The number of nitrogens with zero attached hydrogens (tertiary/aromatic N) is 1. The van der Waals surface area contributed by atoms with Crippen LogP contribution in [0.5, 0.6) is 5.75 Å². The Kier molecular flexibility index (Phi) is 4.46. The smallest absolute Gasteiger partial charge is 0.264 e. The fourth-order valence-electron chi connectivity index (χ4n) is 2.53. The minimum Gasteiger partial charge on any atom is -0.482 e. The fourth-order valence-corrected chi connectivity index (χ4v) is 2.53. The lowest BCUT2D eigenvalue weighted by atomic mass is 10.1. The van der Waals surface area contributed by atoms with Gasteiger partial charge in [0.15, 0.2) is 6.61 Å². The van der Waals surface area contributed by atoms with Crippen molar-refractivity contribution in [1.82, 2.24) is 5.32 Å². The predicted molar refractivity (Wildman–Crippen MR) is 87.8 cm³/mol. The number of rotatable bonds is 4. The molecule has 0 bridgehead atoms. The monoisotopic (exact) mass is 328 g/mol. The zero-order valence-electron chi connectivity index (χ0n) is 13.2. The van der Waals surface area contributed by atoms with Crippen molar-refractivity contribution in [2.75, 3.05) is 25.1 Å². The molecule has 3 rings (SSSR count). The van der Waals surface area contributed by atoms with Gasteiger partial charge in [-0.2, -0.15) is 0 Å². The van der Waals surface area contributed by atoms with Crippen LogP contribution < -0.4 is 15.0 Å². The van der Waals surface area contributed by atoms with Gasteiger partial charge in [0.25, 0.3) is 11.8 Å². The van der Waals surface area contributed by atoms with E-state index in [1.54, 1.807) is 18.0 Å². The van der Waals surface area contributed by atoms with Crippen LogP contribution >= 0.6 is 0 Å². The van der Waals surface area contributed by atoms with E-state index in [0.717, 1.165) is 11.3 Å². The Balaban J connectivity index is 1.61. The summed E-state index contributed by atoms with van der Waals surface area (Å²) in [6.45, 7) is 0.458. The summed E-state index contributed by atoms with van der Waals surface area (Å²) in [5, 5.41) is 2.76. The number of anilines is 1. The molecule has 0 spiro atoms. The van der Waals surface area contributed by atoms with Crippen LogP contribution in [0.1, 0.15) is 15.9 Å². The first-order valence-corrected chi connectivity index (χ1v) is 7.60. The molecule has 0 aliphatic carbocycles. The molecule has 24 heavy (non-hydrogen) atoms. The van der Waals surface area contributed by atoms with E-state index in [4.69, 9.17) is 4.74 Å². The van der Waals surface area contributed by atoms with Crippen LogP contribution in [0.2, 0.25) is 0 Å². The maximum atomic E-state index is 13.1. The first kappa shape index (κ1) is 16.0. The Bertz CT molecular complexity index is 792. The molecular formula is C18H17FN2O3. The van der Waals surface area contributed by atoms with Crippen molar-refractivity contribution in [2.24, 2.45) is 0 Å². The first-order chi connectivity index (χ1) is 11.5. The molecule has 1 aliphatic heterocycles. The van der Waals surface area contributed by atoms with E-state index >= 15 is 0 Å². The third-order valence-corrected chi connectivity index (χ3v) is 3.90. The second-order valence-electron chi connectivity index (χ2n) is 5.56. The van der Waals surface area contributed by atoms with E-state index in [1.165, 1.54) is 18.2 Å². The van der Waals surface area contributed by atoms with Gasteiger partial charge in [-0.15, -0.1) is 0 Å². The largest absolute Gasteiger partial charge is 0.482 e. The van der Waals surface area contributed by atoms with E-state index in [9.17, 15) is 14.0 Å². The fraction of sp³-hybridized carbons (Fsp3) is 0.222. The number of carbonyl (C=O) groups is 2. The van der Waals surface area contributed by atoms with Gasteiger partial charge in [-0.3, -0.25) is 9.59 Å². The van der Waals surface area contributed by atoms with Crippen molar-refractivity contribution in [1.29, 1.82) is 0 Å². The van der Waals surface area contributed by atoms with Gasteiger partial charge in [0, 0.05) is 19.2 Å². The summed E-state index contributed by atoms with van der Waals surface area (Å²) >= 11 is 0. The van der Waals surface area contributed by atoms with Crippen LogP contribution in [0.3, 0.4) is 0 Å². The molecule has 2 aromatic rings. The van der Waals surface area contributed by atoms with Gasteiger partial charge >= 0.3 is 0 Å². The molecule has 6 heteroatoms. The SMILES string of the molecule is CN1C(=O)COc2ccc(CCNC(=O)c3cccc(F)c3)cc21. The van der Waals surface area contributed by atoms with Crippen LogP contribution in [0.4, 0.5) is 10.1 Å². The van der Waals surface area contributed by atoms with E-state index in [1.807, 2.05) is 18.2 Å². The summed E-state index contributed by atoms with van der Waals surface area (Å²) < 4.78 is 18.5. The lowest BCUT2D eigenvalue weighted by Gasteiger charge is -2.26. The highest BCUT2D eigenvalue weighted by atomic mass is 19.1. The van der Waals surface area contributed by atoms with Crippen LogP contribution in [0, 0.1) is 5.82 Å². The van der Waals surface area contributed by atoms with Crippen molar-refractivity contribution >= 4 is 17.5 Å². The number of benzene rings is 2. The number of amides is 2. The quantitative estimate of drug-likeness (QED) is 0.936. The van der Waals surface area contributed by atoms with E-state index in [-0.39, 0.29) is 18.4 Å². The molecule has 0 fully saturated rings. The number of carbonyl (C=O) groups excluding carboxylic acids is 2. The maximum absolute atomic E-state index is 13.1. The summed E-state index contributed by atoms with van der Waals surface area (Å²) in [4.78, 5) is 25.2. The number of hydrogen-bond donors (Lipinski definition) is 1. The maximum Gasteiger partial charge on any atom is 0.264 e. The molecular weight excluding hydrogens is 311 g/mol. The topological polar surface area (TPSA) is 58.6 Å². The number of halogens is 1. The Morgan fingerprint density at radius 2 is 2.12 bits per heavy atom. The van der Waals surface area contributed by atoms with Crippen molar-refractivity contribution in [3.63, 3.8) is 0 Å². The van der Waals surface area contributed by atoms with Gasteiger partial charge in [-0.05, 0) is 42.3 Å². The highest BCUT2D eigenvalue weighted by Gasteiger charge is 2.22. The Morgan fingerprint density at radius 3 is 2.92 bits per heavy atom. The second kappa shape index (κ2) is 6.70. The zero-order valence-corrected chi connectivity index (χ0v) is 13.2. The predicted octanol–water partition coefficient (Wildman–Crippen LogP) is 2.15. The van der Waals surface area contributed by atoms with Crippen LogP contribution in [-0.4, -0.2) is 32.0 Å². The summed E-state index contributed by atoms with van der Waals surface area (Å²) in [6, 6.07) is 11.2. The van der Waals surface area contributed by atoms with Crippen molar-refractivity contribution in [3.8, 4) is 5.75 Å². The van der Waals surface area contributed by atoms with Gasteiger partial charge < -0.3 is 15.0 Å².